The zero-order valence-corrected chi connectivity index (χ0v) is 11.2. The predicted octanol–water partition coefficient (Wildman–Crippen LogP) is 2.12. The van der Waals surface area contributed by atoms with E-state index >= 15 is 0 Å². The Balaban J connectivity index is 2.41. The number of benzene rings is 1. The molecule has 0 bridgehead atoms. The first-order valence-electron chi connectivity index (χ1n) is 5.99. The second kappa shape index (κ2) is 5.19. The van der Waals surface area contributed by atoms with Crippen molar-refractivity contribution in [2.24, 2.45) is 0 Å². The fraction of sp³-hybridized carbons (Fsp3) is 0.308. The highest BCUT2D eigenvalue weighted by Gasteiger charge is 2.13. The molecule has 0 spiro atoms. The summed E-state index contributed by atoms with van der Waals surface area (Å²) in [4.78, 5) is 10.2. The van der Waals surface area contributed by atoms with Crippen LogP contribution < -0.4 is 5.32 Å². The van der Waals surface area contributed by atoms with Crippen molar-refractivity contribution in [2.75, 3.05) is 7.05 Å². The van der Waals surface area contributed by atoms with Crippen LogP contribution in [0.5, 0.6) is 0 Å². The molecule has 1 N–H and O–H groups in total. The van der Waals surface area contributed by atoms with Gasteiger partial charge in [0.2, 0.25) is 0 Å². The molecule has 0 saturated carbocycles. The summed E-state index contributed by atoms with van der Waals surface area (Å²) in [6.45, 7) is 4.71. The fourth-order valence-corrected chi connectivity index (χ4v) is 2.07. The molecule has 2 rings (SSSR count). The van der Waals surface area contributed by atoms with Gasteiger partial charge in [0.05, 0.1) is 16.3 Å². The molecule has 1 aromatic carbocycles. The first-order valence-corrected chi connectivity index (χ1v) is 5.99. The Morgan fingerprint density at radius 2 is 1.95 bits per heavy atom. The van der Waals surface area contributed by atoms with Crippen LogP contribution in [0.3, 0.4) is 0 Å². The summed E-state index contributed by atoms with van der Waals surface area (Å²) in [7, 11) is 1.89. The van der Waals surface area contributed by atoms with Crippen molar-refractivity contribution in [3.05, 3.63) is 51.3 Å². The van der Waals surface area contributed by atoms with Crippen molar-refractivity contribution in [1.29, 1.82) is 0 Å². The number of nitro benzene ring substituents is 1. The summed E-state index contributed by atoms with van der Waals surface area (Å²) in [5.41, 5.74) is 4.07. The molecule has 100 valence electrons. The van der Waals surface area contributed by atoms with Crippen molar-refractivity contribution in [3.63, 3.8) is 0 Å². The summed E-state index contributed by atoms with van der Waals surface area (Å²) in [6, 6.07) is 6.40. The van der Waals surface area contributed by atoms with E-state index in [-0.39, 0.29) is 5.69 Å². The highest BCUT2D eigenvalue weighted by molar-refractivity contribution is 5.42. The van der Waals surface area contributed by atoms with Crippen molar-refractivity contribution in [2.45, 2.75) is 20.4 Å². The first kappa shape index (κ1) is 13.2. The van der Waals surface area contributed by atoms with Gasteiger partial charge in [0, 0.05) is 29.9 Å². The average Bonchev–Trinajstić information content (AvgIpc) is 2.67. The third kappa shape index (κ3) is 2.48. The summed E-state index contributed by atoms with van der Waals surface area (Å²) >= 11 is 0. The zero-order valence-electron chi connectivity index (χ0n) is 11.2. The number of hydrogen-bond acceptors (Lipinski definition) is 4. The molecule has 6 nitrogen and oxygen atoms in total. The third-order valence-corrected chi connectivity index (χ3v) is 3.10. The number of non-ortho nitro benzene ring substituents is 1. The second-order valence-electron chi connectivity index (χ2n) is 4.37. The lowest BCUT2D eigenvalue weighted by Gasteiger charge is -2.05. The number of nitro groups is 1. The Kier molecular flexibility index (Phi) is 3.62. The molecule has 0 saturated heterocycles. The first-order chi connectivity index (χ1) is 9.04. The molecule has 0 radical (unpaired) electrons. The van der Waals surface area contributed by atoms with Gasteiger partial charge in [-0.2, -0.15) is 5.10 Å². The Bertz CT molecular complexity index is 602. The SMILES string of the molecule is CNCc1c(C)nn(-c2ccc([N+](=O)[O-])cc2)c1C. The molecule has 6 heteroatoms. The Hall–Kier alpha value is -2.21. The maximum absolute atomic E-state index is 10.6. The average molecular weight is 260 g/mol. The van der Waals surface area contributed by atoms with Crippen molar-refractivity contribution in [3.8, 4) is 5.69 Å². The molecular formula is C13H16N4O2. The number of nitrogens with one attached hydrogen (secondary N) is 1. The molecule has 0 fully saturated rings. The number of aromatic nitrogens is 2. The van der Waals surface area contributed by atoms with Crippen LogP contribution in [-0.2, 0) is 6.54 Å². The minimum atomic E-state index is -0.405. The van der Waals surface area contributed by atoms with Crippen LogP contribution in [0.25, 0.3) is 5.69 Å². The van der Waals surface area contributed by atoms with Gasteiger partial charge in [-0.1, -0.05) is 0 Å². The lowest BCUT2D eigenvalue weighted by atomic mass is 10.2. The second-order valence-corrected chi connectivity index (χ2v) is 4.37. The highest BCUT2D eigenvalue weighted by atomic mass is 16.6. The van der Waals surface area contributed by atoms with Crippen molar-refractivity contribution < 1.29 is 4.92 Å². The van der Waals surface area contributed by atoms with Gasteiger partial charge >= 0.3 is 0 Å². The van der Waals surface area contributed by atoms with E-state index in [2.05, 4.69) is 10.4 Å². The smallest absolute Gasteiger partial charge is 0.269 e. The summed E-state index contributed by atoms with van der Waals surface area (Å²) in [5, 5.41) is 18.2. The van der Waals surface area contributed by atoms with Crippen LogP contribution in [0.4, 0.5) is 5.69 Å². The third-order valence-electron chi connectivity index (χ3n) is 3.10. The number of aryl methyl sites for hydroxylation is 1. The molecule has 1 aromatic heterocycles. The summed E-state index contributed by atoms with van der Waals surface area (Å²) < 4.78 is 1.81. The van der Waals surface area contributed by atoms with E-state index in [1.807, 2.05) is 25.6 Å². The Morgan fingerprint density at radius 1 is 1.32 bits per heavy atom. The van der Waals surface area contributed by atoms with Crippen molar-refractivity contribution >= 4 is 5.69 Å². The van der Waals surface area contributed by atoms with Gasteiger partial charge in [0.1, 0.15) is 0 Å². The normalized spacial score (nSPS) is 10.7. The zero-order chi connectivity index (χ0) is 14.0. The molecule has 1 heterocycles. The Labute approximate surface area is 111 Å². The lowest BCUT2D eigenvalue weighted by Crippen LogP contribution is -2.07. The van der Waals surface area contributed by atoms with E-state index in [1.165, 1.54) is 12.1 Å². The molecule has 19 heavy (non-hydrogen) atoms. The van der Waals surface area contributed by atoms with Crippen LogP contribution in [0, 0.1) is 24.0 Å². The van der Waals surface area contributed by atoms with Gasteiger partial charge in [-0.3, -0.25) is 10.1 Å². The molecule has 0 aliphatic carbocycles. The quantitative estimate of drug-likeness (QED) is 0.675. The largest absolute Gasteiger partial charge is 0.316 e. The van der Waals surface area contributed by atoms with E-state index < -0.39 is 4.92 Å². The van der Waals surface area contributed by atoms with Crippen LogP contribution >= 0.6 is 0 Å². The standard InChI is InChI=1S/C13H16N4O2/c1-9-13(8-14-3)10(2)16(15-9)11-4-6-12(7-5-11)17(18)19/h4-7,14H,8H2,1-3H3. The van der Waals surface area contributed by atoms with Gasteiger partial charge in [0.25, 0.3) is 5.69 Å². The molecule has 0 atom stereocenters. The van der Waals surface area contributed by atoms with Crippen LogP contribution in [0.15, 0.2) is 24.3 Å². The van der Waals surface area contributed by atoms with Gasteiger partial charge in [-0.15, -0.1) is 0 Å². The van der Waals surface area contributed by atoms with Gasteiger partial charge in [-0.25, -0.2) is 4.68 Å². The minimum absolute atomic E-state index is 0.0840. The minimum Gasteiger partial charge on any atom is -0.316 e. The van der Waals surface area contributed by atoms with Gasteiger partial charge < -0.3 is 5.32 Å². The molecule has 0 unspecified atom stereocenters. The van der Waals surface area contributed by atoms with E-state index in [0.717, 1.165) is 29.2 Å². The van der Waals surface area contributed by atoms with Gasteiger partial charge in [0.15, 0.2) is 0 Å². The van der Waals surface area contributed by atoms with E-state index in [1.54, 1.807) is 12.1 Å². The fourth-order valence-electron chi connectivity index (χ4n) is 2.07. The molecule has 0 aliphatic heterocycles. The number of hydrogen-bond donors (Lipinski definition) is 1. The van der Waals surface area contributed by atoms with Crippen LogP contribution in [0.1, 0.15) is 17.0 Å². The number of nitrogens with zero attached hydrogens (tertiary/aromatic N) is 3. The topological polar surface area (TPSA) is 73.0 Å². The predicted molar refractivity (Wildman–Crippen MR) is 72.5 cm³/mol. The van der Waals surface area contributed by atoms with E-state index in [4.69, 9.17) is 0 Å². The van der Waals surface area contributed by atoms with E-state index in [9.17, 15) is 10.1 Å². The van der Waals surface area contributed by atoms with Crippen LogP contribution in [-0.4, -0.2) is 21.8 Å². The summed E-state index contributed by atoms with van der Waals surface area (Å²) in [6.07, 6.45) is 0. The molecule has 0 amide bonds. The monoisotopic (exact) mass is 260 g/mol. The lowest BCUT2D eigenvalue weighted by molar-refractivity contribution is -0.384. The highest BCUT2D eigenvalue weighted by Crippen LogP contribution is 2.20. The van der Waals surface area contributed by atoms with Crippen LogP contribution in [0.2, 0.25) is 0 Å². The molecular weight excluding hydrogens is 244 g/mol. The maximum atomic E-state index is 10.6. The Morgan fingerprint density at radius 3 is 2.47 bits per heavy atom. The summed E-state index contributed by atoms with van der Waals surface area (Å²) in [5.74, 6) is 0. The maximum Gasteiger partial charge on any atom is 0.269 e. The van der Waals surface area contributed by atoms with Gasteiger partial charge in [-0.05, 0) is 33.0 Å². The molecule has 0 aliphatic rings. The number of rotatable bonds is 4. The molecule has 2 aromatic rings. The van der Waals surface area contributed by atoms with E-state index in [0.29, 0.717) is 0 Å². The van der Waals surface area contributed by atoms with Crippen molar-refractivity contribution in [1.82, 2.24) is 15.1 Å².